The van der Waals surface area contributed by atoms with Crippen molar-refractivity contribution in [2.75, 3.05) is 19.8 Å². The first-order valence-electron chi connectivity index (χ1n) is 6.66. The van der Waals surface area contributed by atoms with Gasteiger partial charge in [-0.05, 0) is 44.5 Å². The number of rotatable bonds is 8. The van der Waals surface area contributed by atoms with Gasteiger partial charge in [0, 0.05) is 24.8 Å². The summed E-state index contributed by atoms with van der Waals surface area (Å²) in [6.07, 6.45) is 0.358. The van der Waals surface area contributed by atoms with E-state index in [1.165, 1.54) is 0 Å². The molecule has 0 aliphatic carbocycles. The van der Waals surface area contributed by atoms with Gasteiger partial charge in [-0.15, -0.1) is 0 Å². The zero-order chi connectivity index (χ0) is 14.8. The average molecular weight is 301 g/mol. The Bertz CT molecular complexity index is 398. The van der Waals surface area contributed by atoms with E-state index in [0.29, 0.717) is 30.5 Å². The predicted molar refractivity (Wildman–Crippen MR) is 79.2 cm³/mol. The quantitative estimate of drug-likeness (QED) is 0.573. The highest BCUT2D eigenvalue weighted by Gasteiger charge is 2.07. The molecule has 6 heteroatoms. The first-order valence-corrected chi connectivity index (χ1v) is 7.04. The fourth-order valence-electron chi connectivity index (χ4n) is 1.50. The molecule has 1 atom stereocenters. The summed E-state index contributed by atoms with van der Waals surface area (Å²) in [5.74, 6) is 0.651. The summed E-state index contributed by atoms with van der Waals surface area (Å²) in [7, 11) is 0. The lowest BCUT2D eigenvalue weighted by Crippen LogP contribution is -2.43. The van der Waals surface area contributed by atoms with E-state index in [9.17, 15) is 4.79 Å². The van der Waals surface area contributed by atoms with E-state index in [1.807, 2.05) is 6.92 Å². The molecule has 1 aromatic carbocycles. The third kappa shape index (κ3) is 7.21. The number of halogens is 1. The topological polar surface area (TPSA) is 59.6 Å². The zero-order valence-electron chi connectivity index (χ0n) is 11.8. The molecule has 0 aliphatic heterocycles. The van der Waals surface area contributed by atoms with Crippen molar-refractivity contribution in [2.24, 2.45) is 0 Å². The maximum atomic E-state index is 11.6. The molecule has 0 saturated heterocycles. The maximum absolute atomic E-state index is 11.6. The molecule has 0 heterocycles. The second-order valence-corrected chi connectivity index (χ2v) is 4.60. The maximum Gasteiger partial charge on any atom is 0.317 e. The normalized spacial score (nSPS) is 11.8. The van der Waals surface area contributed by atoms with Gasteiger partial charge in [-0.1, -0.05) is 11.6 Å². The molecule has 0 radical (unpaired) electrons. The summed E-state index contributed by atoms with van der Waals surface area (Å²) in [6.45, 7) is 5.61. The molecule has 2 N–H and O–H groups in total. The minimum atomic E-state index is -0.428. The number of urea groups is 1. The molecule has 112 valence electrons. The minimum absolute atomic E-state index is 0.261. The van der Waals surface area contributed by atoms with Crippen LogP contribution < -0.4 is 15.4 Å². The molecule has 1 unspecified atom stereocenters. The second-order valence-electron chi connectivity index (χ2n) is 4.16. The number of ether oxygens (including phenoxy) is 2. The van der Waals surface area contributed by atoms with Crippen LogP contribution in [0.15, 0.2) is 24.3 Å². The van der Waals surface area contributed by atoms with Crippen LogP contribution in [0.4, 0.5) is 4.79 Å². The third-order valence-electron chi connectivity index (χ3n) is 2.42. The number of amides is 2. The van der Waals surface area contributed by atoms with Crippen LogP contribution in [-0.2, 0) is 4.74 Å². The third-order valence-corrected chi connectivity index (χ3v) is 2.67. The number of carbonyl (C=O) groups excluding carboxylic acids is 1. The van der Waals surface area contributed by atoms with E-state index in [-0.39, 0.29) is 6.03 Å². The van der Waals surface area contributed by atoms with Gasteiger partial charge in [0.2, 0.25) is 0 Å². The van der Waals surface area contributed by atoms with Gasteiger partial charge >= 0.3 is 6.03 Å². The molecule has 0 aromatic heterocycles. The van der Waals surface area contributed by atoms with Gasteiger partial charge in [0.15, 0.2) is 6.23 Å². The summed E-state index contributed by atoms with van der Waals surface area (Å²) in [4.78, 5) is 11.6. The van der Waals surface area contributed by atoms with Gasteiger partial charge in [0.1, 0.15) is 5.75 Å². The Morgan fingerprint density at radius 3 is 2.70 bits per heavy atom. The fourth-order valence-corrected chi connectivity index (χ4v) is 1.63. The van der Waals surface area contributed by atoms with Crippen LogP contribution >= 0.6 is 11.6 Å². The summed E-state index contributed by atoms with van der Waals surface area (Å²) in [5.41, 5.74) is 0. The van der Waals surface area contributed by atoms with Crippen molar-refractivity contribution in [1.29, 1.82) is 0 Å². The Hall–Kier alpha value is -1.46. The van der Waals surface area contributed by atoms with Crippen LogP contribution in [0, 0.1) is 0 Å². The van der Waals surface area contributed by atoms with Gasteiger partial charge in [0.25, 0.3) is 0 Å². The summed E-state index contributed by atoms with van der Waals surface area (Å²) in [6, 6.07) is 6.71. The molecule has 1 rings (SSSR count). The highest BCUT2D eigenvalue weighted by Crippen LogP contribution is 2.16. The molecule has 0 spiro atoms. The Kier molecular flexibility index (Phi) is 7.84. The van der Waals surface area contributed by atoms with E-state index in [0.717, 1.165) is 6.42 Å². The van der Waals surface area contributed by atoms with Crippen molar-refractivity contribution in [2.45, 2.75) is 26.5 Å². The highest BCUT2D eigenvalue weighted by atomic mass is 35.5. The molecule has 1 aromatic rings. The first kappa shape index (κ1) is 16.6. The second kappa shape index (κ2) is 9.44. The predicted octanol–water partition coefficient (Wildman–Crippen LogP) is 2.79. The molecule has 20 heavy (non-hydrogen) atoms. The SMILES string of the molecule is CCOCCCNC(=O)NC(C)Oc1ccc(Cl)cc1. The lowest BCUT2D eigenvalue weighted by atomic mass is 10.3. The van der Waals surface area contributed by atoms with Crippen LogP contribution in [0.5, 0.6) is 5.75 Å². The molecular weight excluding hydrogens is 280 g/mol. The van der Waals surface area contributed by atoms with Crippen LogP contribution in [0.3, 0.4) is 0 Å². The van der Waals surface area contributed by atoms with E-state index < -0.39 is 6.23 Å². The van der Waals surface area contributed by atoms with Crippen molar-refractivity contribution >= 4 is 17.6 Å². The monoisotopic (exact) mass is 300 g/mol. The van der Waals surface area contributed by atoms with Crippen LogP contribution in [-0.4, -0.2) is 32.0 Å². The number of nitrogens with one attached hydrogen (secondary N) is 2. The van der Waals surface area contributed by atoms with E-state index in [2.05, 4.69) is 10.6 Å². The van der Waals surface area contributed by atoms with E-state index in [1.54, 1.807) is 31.2 Å². The fraction of sp³-hybridized carbons (Fsp3) is 0.500. The van der Waals surface area contributed by atoms with Crippen molar-refractivity contribution in [3.8, 4) is 5.75 Å². The molecule has 0 saturated carbocycles. The summed E-state index contributed by atoms with van der Waals surface area (Å²) < 4.78 is 10.7. The molecular formula is C14H21ClN2O3. The standard InChI is InChI=1S/C14H21ClN2O3/c1-3-19-10-4-9-16-14(18)17-11(2)20-13-7-5-12(15)6-8-13/h5-8,11H,3-4,9-10H2,1-2H3,(H2,16,17,18). The number of hydrogen-bond donors (Lipinski definition) is 2. The molecule has 5 nitrogen and oxygen atoms in total. The number of benzene rings is 1. The lowest BCUT2D eigenvalue weighted by molar-refractivity contribution is 0.144. The molecule has 0 fully saturated rings. The highest BCUT2D eigenvalue weighted by molar-refractivity contribution is 6.30. The van der Waals surface area contributed by atoms with Gasteiger partial charge in [-0.25, -0.2) is 4.79 Å². The molecule has 0 aliphatic rings. The Balaban J connectivity index is 2.19. The van der Waals surface area contributed by atoms with Crippen molar-refractivity contribution in [1.82, 2.24) is 10.6 Å². The smallest absolute Gasteiger partial charge is 0.317 e. The van der Waals surface area contributed by atoms with Gasteiger partial charge in [-0.2, -0.15) is 0 Å². The van der Waals surface area contributed by atoms with Crippen LogP contribution in [0.1, 0.15) is 20.3 Å². The lowest BCUT2D eigenvalue weighted by Gasteiger charge is -2.16. The summed E-state index contributed by atoms with van der Waals surface area (Å²) >= 11 is 5.78. The first-order chi connectivity index (χ1) is 9.61. The van der Waals surface area contributed by atoms with Crippen molar-refractivity contribution in [3.05, 3.63) is 29.3 Å². The Morgan fingerprint density at radius 2 is 2.05 bits per heavy atom. The van der Waals surface area contributed by atoms with Gasteiger partial charge in [0.05, 0.1) is 0 Å². The van der Waals surface area contributed by atoms with Crippen LogP contribution in [0.2, 0.25) is 5.02 Å². The van der Waals surface area contributed by atoms with Crippen LogP contribution in [0.25, 0.3) is 0 Å². The van der Waals surface area contributed by atoms with E-state index >= 15 is 0 Å². The average Bonchev–Trinajstić information content (AvgIpc) is 2.41. The van der Waals surface area contributed by atoms with E-state index in [4.69, 9.17) is 21.1 Å². The molecule has 0 bridgehead atoms. The molecule has 2 amide bonds. The summed E-state index contributed by atoms with van der Waals surface area (Å²) in [5, 5.41) is 6.07. The number of hydrogen-bond acceptors (Lipinski definition) is 3. The Labute approximate surface area is 124 Å². The Morgan fingerprint density at radius 1 is 1.35 bits per heavy atom. The largest absolute Gasteiger partial charge is 0.471 e. The van der Waals surface area contributed by atoms with Gasteiger partial charge < -0.3 is 20.1 Å². The zero-order valence-corrected chi connectivity index (χ0v) is 12.6. The van der Waals surface area contributed by atoms with Crippen molar-refractivity contribution in [3.63, 3.8) is 0 Å². The van der Waals surface area contributed by atoms with Crippen molar-refractivity contribution < 1.29 is 14.3 Å². The minimum Gasteiger partial charge on any atom is -0.471 e. The van der Waals surface area contributed by atoms with Gasteiger partial charge in [-0.3, -0.25) is 0 Å². The number of carbonyl (C=O) groups is 1.